The minimum Gasteiger partial charge on any atom is -0.463 e. The van der Waals surface area contributed by atoms with Gasteiger partial charge in [-0.1, -0.05) is 0 Å². The molecular formula is C14H17BrN2O3S. The number of hydrogen-bond donors (Lipinski definition) is 0. The number of halogens is 1. The van der Waals surface area contributed by atoms with E-state index in [0.717, 1.165) is 9.35 Å². The Morgan fingerprint density at radius 1 is 1.48 bits per heavy atom. The van der Waals surface area contributed by atoms with Gasteiger partial charge in [-0.3, -0.25) is 0 Å². The Morgan fingerprint density at radius 3 is 2.67 bits per heavy atom. The van der Waals surface area contributed by atoms with Crippen molar-refractivity contribution in [2.24, 2.45) is 0 Å². The summed E-state index contributed by atoms with van der Waals surface area (Å²) in [5.74, 6) is -0.379. The maximum Gasteiger partial charge on any atom is 0.338 e. The van der Waals surface area contributed by atoms with Crippen molar-refractivity contribution in [3.8, 4) is 0 Å². The number of carbonyl (C=O) groups excluding carboxylic acids is 2. The largest absolute Gasteiger partial charge is 0.463 e. The molecule has 1 atom stereocenters. The second kappa shape index (κ2) is 6.19. The molecule has 2 heterocycles. The van der Waals surface area contributed by atoms with E-state index in [1.165, 1.54) is 16.2 Å². The molecule has 1 aromatic heterocycles. The van der Waals surface area contributed by atoms with Crippen molar-refractivity contribution in [2.75, 3.05) is 20.7 Å². The summed E-state index contributed by atoms with van der Waals surface area (Å²) >= 11 is 4.92. The Hall–Kier alpha value is -1.34. The lowest BCUT2D eigenvalue weighted by molar-refractivity contribution is -0.139. The van der Waals surface area contributed by atoms with Crippen molar-refractivity contribution < 1.29 is 14.3 Å². The van der Waals surface area contributed by atoms with E-state index in [1.807, 2.05) is 11.4 Å². The Labute approximate surface area is 136 Å². The number of urea groups is 1. The van der Waals surface area contributed by atoms with E-state index < -0.39 is 6.04 Å². The van der Waals surface area contributed by atoms with Crippen LogP contribution >= 0.6 is 27.3 Å². The van der Waals surface area contributed by atoms with Gasteiger partial charge in [0.15, 0.2) is 0 Å². The Morgan fingerprint density at radius 2 is 2.14 bits per heavy atom. The van der Waals surface area contributed by atoms with Gasteiger partial charge in [-0.05, 0) is 35.8 Å². The number of allylic oxidation sites excluding steroid dienone is 1. The van der Waals surface area contributed by atoms with Gasteiger partial charge in [-0.2, -0.15) is 0 Å². The van der Waals surface area contributed by atoms with Crippen molar-refractivity contribution in [3.63, 3.8) is 0 Å². The summed E-state index contributed by atoms with van der Waals surface area (Å²) in [7, 11) is 3.36. The van der Waals surface area contributed by atoms with Gasteiger partial charge in [-0.15, -0.1) is 11.3 Å². The summed E-state index contributed by atoms with van der Waals surface area (Å²) in [5.41, 5.74) is 1.14. The van der Waals surface area contributed by atoms with E-state index in [0.29, 0.717) is 17.9 Å². The number of likely N-dealkylation sites (N-methyl/N-ethyl adjacent to an activating group) is 1. The minimum atomic E-state index is -0.413. The van der Waals surface area contributed by atoms with Gasteiger partial charge >= 0.3 is 12.0 Å². The highest BCUT2D eigenvalue weighted by atomic mass is 79.9. The Bertz CT molecular complexity index is 611. The maximum absolute atomic E-state index is 12.3. The average Bonchev–Trinajstić information content (AvgIpc) is 2.86. The smallest absolute Gasteiger partial charge is 0.338 e. The quantitative estimate of drug-likeness (QED) is 0.764. The van der Waals surface area contributed by atoms with Crippen LogP contribution in [0.2, 0.25) is 0 Å². The molecule has 0 spiro atoms. The zero-order chi connectivity index (χ0) is 15.7. The summed E-state index contributed by atoms with van der Waals surface area (Å²) in [4.78, 5) is 28.6. The Balaban J connectivity index is 2.56. The third kappa shape index (κ3) is 2.85. The second-order valence-corrected chi connectivity index (χ2v) is 6.60. The third-order valence-electron chi connectivity index (χ3n) is 3.49. The standard InChI is InChI=1S/C14H17BrN2O3S/c1-5-20-13(18)11-8(2)16(3)14(19)17(4)12(11)10-6-9(15)7-21-10/h6-7,12H,5H2,1-4H3/t12-/m0/s1. The van der Waals surface area contributed by atoms with E-state index in [1.54, 1.807) is 32.8 Å². The molecule has 2 amide bonds. The molecular weight excluding hydrogens is 356 g/mol. The van der Waals surface area contributed by atoms with Crippen LogP contribution in [0.15, 0.2) is 27.2 Å². The molecule has 0 N–H and O–H groups in total. The van der Waals surface area contributed by atoms with Gasteiger partial charge in [0, 0.05) is 34.5 Å². The molecule has 0 radical (unpaired) electrons. The van der Waals surface area contributed by atoms with Crippen LogP contribution in [-0.2, 0) is 9.53 Å². The topological polar surface area (TPSA) is 49.9 Å². The van der Waals surface area contributed by atoms with Crippen molar-refractivity contribution >= 4 is 39.3 Å². The molecule has 0 saturated heterocycles. The van der Waals surface area contributed by atoms with Crippen molar-refractivity contribution in [1.82, 2.24) is 9.80 Å². The summed E-state index contributed by atoms with van der Waals surface area (Å²) in [6.07, 6.45) is 0. The monoisotopic (exact) mass is 372 g/mol. The van der Waals surface area contributed by atoms with Crippen molar-refractivity contribution in [2.45, 2.75) is 19.9 Å². The van der Waals surface area contributed by atoms with Crippen LogP contribution in [0.1, 0.15) is 24.8 Å². The molecule has 1 aliphatic rings. The van der Waals surface area contributed by atoms with Gasteiger partial charge in [0.05, 0.1) is 12.2 Å². The number of carbonyl (C=O) groups is 2. The zero-order valence-electron chi connectivity index (χ0n) is 12.3. The molecule has 1 aromatic rings. The normalized spacial score (nSPS) is 19.3. The van der Waals surface area contributed by atoms with Crippen LogP contribution in [0, 0.1) is 0 Å². The SMILES string of the molecule is CCOC(=O)C1=C(C)N(C)C(=O)N(C)[C@H]1c1cc(Br)cs1. The molecule has 0 aliphatic carbocycles. The number of amides is 2. The third-order valence-corrected chi connectivity index (χ3v) is 5.24. The lowest BCUT2D eigenvalue weighted by atomic mass is 9.99. The fourth-order valence-corrected chi connectivity index (χ4v) is 3.93. The van der Waals surface area contributed by atoms with Crippen LogP contribution in [0.25, 0.3) is 0 Å². The number of thiophene rings is 1. The molecule has 7 heteroatoms. The molecule has 2 rings (SSSR count). The molecule has 5 nitrogen and oxygen atoms in total. The highest BCUT2D eigenvalue weighted by Crippen LogP contribution is 2.39. The highest BCUT2D eigenvalue weighted by Gasteiger charge is 2.39. The fourth-order valence-electron chi connectivity index (χ4n) is 2.34. The first kappa shape index (κ1) is 16.0. The molecule has 0 saturated carbocycles. The molecule has 1 aliphatic heterocycles. The van der Waals surface area contributed by atoms with Crippen molar-refractivity contribution in [1.29, 1.82) is 0 Å². The first-order chi connectivity index (χ1) is 9.88. The lowest BCUT2D eigenvalue weighted by Crippen LogP contribution is -2.47. The van der Waals surface area contributed by atoms with E-state index in [-0.39, 0.29) is 12.0 Å². The first-order valence-electron chi connectivity index (χ1n) is 6.50. The molecule has 0 fully saturated rings. The summed E-state index contributed by atoms with van der Waals surface area (Å²) in [6, 6.07) is 1.37. The number of esters is 1. The molecule has 114 valence electrons. The lowest BCUT2D eigenvalue weighted by Gasteiger charge is -2.38. The van der Waals surface area contributed by atoms with E-state index in [2.05, 4.69) is 15.9 Å². The summed E-state index contributed by atoms with van der Waals surface area (Å²) in [6.45, 7) is 3.84. The van der Waals surface area contributed by atoms with Crippen LogP contribution < -0.4 is 0 Å². The highest BCUT2D eigenvalue weighted by molar-refractivity contribution is 9.10. The van der Waals surface area contributed by atoms with Crippen LogP contribution in [0.3, 0.4) is 0 Å². The van der Waals surface area contributed by atoms with Crippen LogP contribution in [0.4, 0.5) is 4.79 Å². The summed E-state index contributed by atoms with van der Waals surface area (Å²) in [5, 5.41) is 1.93. The van der Waals surface area contributed by atoms with E-state index in [4.69, 9.17) is 4.74 Å². The van der Waals surface area contributed by atoms with Crippen molar-refractivity contribution in [3.05, 3.63) is 32.1 Å². The van der Waals surface area contributed by atoms with Gasteiger partial charge in [0.2, 0.25) is 0 Å². The second-order valence-electron chi connectivity index (χ2n) is 4.74. The van der Waals surface area contributed by atoms with Gasteiger partial charge in [-0.25, -0.2) is 9.59 Å². The summed E-state index contributed by atoms with van der Waals surface area (Å²) < 4.78 is 6.11. The number of nitrogens with zero attached hydrogens (tertiary/aromatic N) is 2. The molecule has 21 heavy (non-hydrogen) atoms. The van der Waals surface area contributed by atoms with Crippen LogP contribution in [-0.4, -0.2) is 42.5 Å². The first-order valence-corrected chi connectivity index (χ1v) is 8.18. The number of ether oxygens (including phenoxy) is 1. The van der Waals surface area contributed by atoms with Gasteiger partial charge < -0.3 is 14.5 Å². The van der Waals surface area contributed by atoms with Crippen LogP contribution in [0.5, 0.6) is 0 Å². The zero-order valence-corrected chi connectivity index (χ0v) is 14.7. The number of hydrogen-bond acceptors (Lipinski definition) is 4. The van der Waals surface area contributed by atoms with E-state index in [9.17, 15) is 9.59 Å². The predicted octanol–water partition coefficient (Wildman–Crippen LogP) is 3.39. The molecule has 0 unspecified atom stereocenters. The fraction of sp³-hybridized carbons (Fsp3) is 0.429. The van der Waals surface area contributed by atoms with Gasteiger partial charge in [0.25, 0.3) is 0 Å². The predicted molar refractivity (Wildman–Crippen MR) is 85.0 cm³/mol. The maximum atomic E-state index is 12.3. The average molecular weight is 373 g/mol. The van der Waals surface area contributed by atoms with E-state index >= 15 is 0 Å². The number of rotatable bonds is 3. The Kier molecular flexibility index (Phi) is 4.73. The molecule has 0 aromatic carbocycles. The van der Waals surface area contributed by atoms with Gasteiger partial charge in [0.1, 0.15) is 6.04 Å². The minimum absolute atomic E-state index is 0.143. The molecule has 0 bridgehead atoms.